The summed E-state index contributed by atoms with van der Waals surface area (Å²) in [6, 6.07) is 17.0. The molecule has 0 saturated heterocycles. The Bertz CT molecular complexity index is 1190. The van der Waals surface area contributed by atoms with E-state index in [-0.39, 0.29) is 11.8 Å². The Labute approximate surface area is 188 Å². The summed E-state index contributed by atoms with van der Waals surface area (Å²) in [7, 11) is 3.25. The molecule has 0 unspecified atom stereocenters. The van der Waals surface area contributed by atoms with Crippen LogP contribution in [0, 0.1) is 0 Å². The highest BCUT2D eigenvalue weighted by Crippen LogP contribution is 2.30. The molecule has 0 spiro atoms. The average molecular weight is 455 g/mol. The number of hydrogen-bond donors (Lipinski definition) is 1. The van der Waals surface area contributed by atoms with Crippen LogP contribution in [-0.4, -0.2) is 40.8 Å². The van der Waals surface area contributed by atoms with Crippen LogP contribution >= 0.6 is 22.9 Å². The SMILES string of the molecule is COc1ccc(-c2csc(-n3nc(-c4ccc(OC)cc4)cc3NC(=O)CCl)n2)cc1. The third-order valence-electron chi connectivity index (χ3n) is 4.54. The maximum absolute atomic E-state index is 12.0. The van der Waals surface area contributed by atoms with Crippen molar-refractivity contribution in [3.8, 4) is 39.1 Å². The van der Waals surface area contributed by atoms with Crippen molar-refractivity contribution in [2.24, 2.45) is 0 Å². The number of thiazole rings is 1. The monoisotopic (exact) mass is 454 g/mol. The highest BCUT2D eigenvalue weighted by Gasteiger charge is 2.16. The number of benzene rings is 2. The molecule has 0 bridgehead atoms. The number of hydrogen-bond acceptors (Lipinski definition) is 6. The van der Waals surface area contributed by atoms with Gasteiger partial charge in [0.15, 0.2) is 0 Å². The molecule has 0 aliphatic rings. The molecular weight excluding hydrogens is 436 g/mol. The normalized spacial score (nSPS) is 10.7. The summed E-state index contributed by atoms with van der Waals surface area (Å²) in [6.45, 7) is 0. The zero-order valence-electron chi connectivity index (χ0n) is 16.8. The zero-order valence-corrected chi connectivity index (χ0v) is 18.4. The van der Waals surface area contributed by atoms with Gasteiger partial charge in [-0.3, -0.25) is 4.79 Å². The minimum Gasteiger partial charge on any atom is -0.497 e. The first-order valence-corrected chi connectivity index (χ1v) is 10.7. The van der Waals surface area contributed by atoms with Crippen molar-refractivity contribution in [3.63, 3.8) is 0 Å². The molecule has 0 aliphatic carbocycles. The predicted octanol–water partition coefficient (Wildman–Crippen LogP) is 4.86. The van der Waals surface area contributed by atoms with Crippen LogP contribution in [0.25, 0.3) is 27.6 Å². The zero-order chi connectivity index (χ0) is 21.8. The Hall–Kier alpha value is -3.36. The van der Waals surface area contributed by atoms with Gasteiger partial charge in [0.25, 0.3) is 0 Å². The van der Waals surface area contributed by atoms with Crippen molar-refractivity contribution in [2.75, 3.05) is 25.4 Å². The van der Waals surface area contributed by atoms with E-state index in [9.17, 15) is 4.79 Å². The molecular formula is C22H19ClN4O3S. The second-order valence-corrected chi connectivity index (χ2v) is 7.58. The number of methoxy groups -OCH3 is 2. The van der Waals surface area contributed by atoms with Crippen LogP contribution in [0.5, 0.6) is 11.5 Å². The standard InChI is InChI=1S/C22H19ClN4O3S/c1-29-16-7-3-14(4-8-16)18-11-20(25-21(28)12-23)27(26-18)22-24-19(13-31-22)15-5-9-17(30-2)10-6-15/h3-11,13H,12H2,1-2H3,(H,25,28). The summed E-state index contributed by atoms with van der Waals surface area (Å²) in [4.78, 5) is 16.7. The van der Waals surface area contributed by atoms with Crippen LogP contribution in [-0.2, 0) is 4.79 Å². The fourth-order valence-electron chi connectivity index (χ4n) is 2.95. The van der Waals surface area contributed by atoms with E-state index in [4.69, 9.17) is 26.1 Å². The maximum atomic E-state index is 12.0. The largest absolute Gasteiger partial charge is 0.497 e. The van der Waals surface area contributed by atoms with Crippen LogP contribution in [0.4, 0.5) is 5.82 Å². The quantitative estimate of drug-likeness (QED) is 0.403. The Morgan fingerprint density at radius 3 is 2.13 bits per heavy atom. The highest BCUT2D eigenvalue weighted by atomic mass is 35.5. The molecule has 4 rings (SSSR count). The van der Waals surface area contributed by atoms with Gasteiger partial charge in [0.2, 0.25) is 11.0 Å². The van der Waals surface area contributed by atoms with Gasteiger partial charge in [0.1, 0.15) is 23.2 Å². The van der Waals surface area contributed by atoms with Crippen molar-refractivity contribution in [2.45, 2.75) is 0 Å². The van der Waals surface area contributed by atoms with E-state index < -0.39 is 0 Å². The molecule has 1 N–H and O–H groups in total. The molecule has 2 aromatic heterocycles. The van der Waals surface area contributed by atoms with Crippen LogP contribution in [0.1, 0.15) is 0 Å². The van der Waals surface area contributed by atoms with Gasteiger partial charge in [-0.05, 0) is 48.5 Å². The van der Waals surface area contributed by atoms with Crippen LogP contribution in [0.15, 0.2) is 60.0 Å². The van der Waals surface area contributed by atoms with Gasteiger partial charge in [-0.15, -0.1) is 22.9 Å². The van der Waals surface area contributed by atoms with E-state index in [0.717, 1.165) is 28.3 Å². The molecule has 4 aromatic rings. The molecule has 1 amide bonds. The molecule has 9 heteroatoms. The molecule has 0 saturated carbocycles. The van der Waals surface area contributed by atoms with Gasteiger partial charge in [-0.2, -0.15) is 9.78 Å². The van der Waals surface area contributed by atoms with Crippen molar-refractivity contribution >= 4 is 34.7 Å². The molecule has 2 aromatic carbocycles. The minimum atomic E-state index is -0.323. The van der Waals surface area contributed by atoms with E-state index in [1.807, 2.05) is 53.9 Å². The smallest absolute Gasteiger partial charge is 0.240 e. The highest BCUT2D eigenvalue weighted by molar-refractivity contribution is 7.12. The van der Waals surface area contributed by atoms with Crippen LogP contribution in [0.2, 0.25) is 0 Å². The summed E-state index contributed by atoms with van der Waals surface area (Å²) in [5, 5.41) is 10.0. The summed E-state index contributed by atoms with van der Waals surface area (Å²) < 4.78 is 12.0. The van der Waals surface area contributed by atoms with Gasteiger partial charge in [0.05, 0.1) is 25.6 Å². The van der Waals surface area contributed by atoms with Gasteiger partial charge in [-0.25, -0.2) is 4.98 Å². The maximum Gasteiger partial charge on any atom is 0.240 e. The first-order chi connectivity index (χ1) is 15.1. The summed E-state index contributed by atoms with van der Waals surface area (Å²) in [5.41, 5.74) is 3.33. The number of anilines is 1. The number of amides is 1. The first-order valence-electron chi connectivity index (χ1n) is 9.32. The van der Waals surface area contributed by atoms with Crippen molar-refractivity contribution in [1.82, 2.24) is 14.8 Å². The molecule has 0 aliphatic heterocycles. The Morgan fingerprint density at radius 2 is 1.58 bits per heavy atom. The first kappa shape index (κ1) is 20.9. The predicted molar refractivity (Wildman–Crippen MR) is 123 cm³/mol. The Kier molecular flexibility index (Phi) is 6.20. The van der Waals surface area contributed by atoms with E-state index in [1.54, 1.807) is 25.0 Å². The lowest BCUT2D eigenvalue weighted by atomic mass is 10.1. The van der Waals surface area contributed by atoms with Crippen LogP contribution < -0.4 is 14.8 Å². The number of ether oxygens (including phenoxy) is 2. The second kappa shape index (κ2) is 9.20. The summed E-state index contributed by atoms with van der Waals surface area (Å²) in [6.07, 6.45) is 0. The Balaban J connectivity index is 1.71. The fourth-order valence-corrected chi connectivity index (χ4v) is 3.81. The van der Waals surface area contributed by atoms with Gasteiger partial charge in [-0.1, -0.05) is 0 Å². The van der Waals surface area contributed by atoms with E-state index in [2.05, 4.69) is 10.4 Å². The van der Waals surface area contributed by atoms with Gasteiger partial charge < -0.3 is 14.8 Å². The summed E-state index contributed by atoms with van der Waals surface area (Å²) >= 11 is 7.11. The lowest BCUT2D eigenvalue weighted by molar-refractivity contribution is -0.114. The van der Waals surface area contributed by atoms with Crippen LogP contribution in [0.3, 0.4) is 0 Å². The topological polar surface area (TPSA) is 78.3 Å². The number of nitrogens with zero attached hydrogens (tertiary/aromatic N) is 3. The van der Waals surface area contributed by atoms with E-state index >= 15 is 0 Å². The number of carbonyl (C=O) groups excluding carboxylic acids is 1. The molecule has 7 nitrogen and oxygen atoms in total. The molecule has 0 radical (unpaired) electrons. The van der Waals surface area contributed by atoms with Gasteiger partial charge >= 0.3 is 0 Å². The van der Waals surface area contributed by atoms with Gasteiger partial charge in [0, 0.05) is 22.6 Å². The number of alkyl halides is 1. The molecule has 158 valence electrons. The third kappa shape index (κ3) is 4.55. The number of carbonyl (C=O) groups is 1. The minimum absolute atomic E-state index is 0.155. The van der Waals surface area contributed by atoms with E-state index in [0.29, 0.717) is 16.6 Å². The number of aromatic nitrogens is 3. The summed E-state index contributed by atoms with van der Waals surface area (Å²) in [5.74, 6) is 1.55. The second-order valence-electron chi connectivity index (χ2n) is 6.48. The number of halogens is 1. The fraction of sp³-hybridized carbons (Fsp3) is 0.136. The molecule has 31 heavy (non-hydrogen) atoms. The lowest BCUT2D eigenvalue weighted by Gasteiger charge is -2.04. The van der Waals surface area contributed by atoms with Crippen molar-refractivity contribution in [3.05, 3.63) is 60.0 Å². The molecule has 0 atom stereocenters. The van der Waals surface area contributed by atoms with Crippen molar-refractivity contribution in [1.29, 1.82) is 0 Å². The average Bonchev–Trinajstić information content (AvgIpc) is 3.46. The van der Waals surface area contributed by atoms with E-state index in [1.165, 1.54) is 11.3 Å². The van der Waals surface area contributed by atoms with Crippen molar-refractivity contribution < 1.29 is 14.3 Å². The number of rotatable bonds is 7. The molecule has 2 heterocycles. The lowest BCUT2D eigenvalue weighted by Crippen LogP contribution is -2.15. The Morgan fingerprint density at radius 1 is 1.00 bits per heavy atom. The number of nitrogens with one attached hydrogen (secondary N) is 1. The molecule has 0 fully saturated rings. The third-order valence-corrected chi connectivity index (χ3v) is 5.60.